The molecule has 4 heteroatoms. The van der Waals surface area contributed by atoms with E-state index in [1.807, 2.05) is 27.7 Å². The quantitative estimate of drug-likeness (QED) is 0.601. The van der Waals surface area contributed by atoms with Gasteiger partial charge in [-0.2, -0.15) is 0 Å². The van der Waals surface area contributed by atoms with Crippen LogP contribution in [-0.2, 0) is 9.53 Å². The second-order valence-electron chi connectivity index (χ2n) is 9.25. The molecule has 0 aliphatic heterocycles. The van der Waals surface area contributed by atoms with Crippen molar-refractivity contribution < 1.29 is 9.53 Å². The highest BCUT2D eigenvalue weighted by Gasteiger charge is 2.40. The first-order valence-corrected chi connectivity index (χ1v) is 8.57. The molecule has 4 nitrogen and oxygen atoms in total. The molecule has 0 saturated heterocycles. The highest BCUT2D eigenvalue weighted by atomic mass is 16.6. The number of hydrogen-bond acceptors (Lipinski definition) is 4. The van der Waals surface area contributed by atoms with E-state index in [4.69, 9.17) is 10.5 Å². The summed E-state index contributed by atoms with van der Waals surface area (Å²) in [6, 6.07) is -0.335. The third-order valence-corrected chi connectivity index (χ3v) is 4.39. The summed E-state index contributed by atoms with van der Waals surface area (Å²) in [4.78, 5) is 12.5. The van der Waals surface area contributed by atoms with Gasteiger partial charge in [0.1, 0.15) is 11.6 Å². The van der Waals surface area contributed by atoms with Crippen molar-refractivity contribution >= 4 is 5.97 Å². The van der Waals surface area contributed by atoms with E-state index in [0.717, 1.165) is 19.3 Å². The molecule has 1 fully saturated rings. The largest absolute Gasteiger partial charge is 0.459 e. The van der Waals surface area contributed by atoms with Crippen LogP contribution in [0.3, 0.4) is 0 Å². The van der Waals surface area contributed by atoms with Gasteiger partial charge in [-0.3, -0.25) is 10.1 Å². The van der Waals surface area contributed by atoms with Crippen molar-refractivity contribution in [3.63, 3.8) is 0 Å². The van der Waals surface area contributed by atoms with Crippen LogP contribution in [0.1, 0.15) is 80.6 Å². The van der Waals surface area contributed by atoms with Crippen molar-refractivity contribution in [3.8, 4) is 0 Å². The summed E-state index contributed by atoms with van der Waals surface area (Å²) in [5, 5.41) is 3.21. The predicted molar refractivity (Wildman–Crippen MR) is 91.4 cm³/mol. The van der Waals surface area contributed by atoms with Gasteiger partial charge >= 0.3 is 5.97 Å². The van der Waals surface area contributed by atoms with E-state index in [9.17, 15) is 4.79 Å². The summed E-state index contributed by atoms with van der Waals surface area (Å²) in [7, 11) is 0. The van der Waals surface area contributed by atoms with Crippen LogP contribution in [0.5, 0.6) is 0 Å². The van der Waals surface area contributed by atoms with Crippen LogP contribution in [0.4, 0.5) is 0 Å². The maximum Gasteiger partial charge on any atom is 0.323 e. The first kappa shape index (κ1) is 19.4. The van der Waals surface area contributed by atoms with Gasteiger partial charge < -0.3 is 10.5 Å². The fraction of sp³-hybridized carbons (Fsp3) is 0.944. The zero-order chi connectivity index (χ0) is 17.2. The summed E-state index contributed by atoms with van der Waals surface area (Å²) in [6.45, 7) is 14.5. The lowest BCUT2D eigenvalue weighted by molar-refractivity contribution is -0.159. The first-order chi connectivity index (χ1) is 9.82. The number of ether oxygens (including phenoxy) is 1. The highest BCUT2D eigenvalue weighted by Crippen LogP contribution is 2.48. The molecule has 3 unspecified atom stereocenters. The number of rotatable bonds is 5. The Kier molecular flexibility index (Phi) is 6.07. The van der Waals surface area contributed by atoms with E-state index in [2.05, 4.69) is 26.1 Å². The summed E-state index contributed by atoms with van der Waals surface area (Å²) in [5.41, 5.74) is 5.91. The summed E-state index contributed by atoms with van der Waals surface area (Å²) in [6.07, 6.45) is 5.35. The van der Waals surface area contributed by atoms with Gasteiger partial charge in [0, 0.05) is 0 Å². The molecule has 0 aromatic carbocycles. The Labute approximate surface area is 136 Å². The number of hydrogen-bond donors (Lipinski definition) is 2. The van der Waals surface area contributed by atoms with Crippen LogP contribution in [0, 0.1) is 10.8 Å². The molecule has 0 amide bonds. The zero-order valence-corrected chi connectivity index (χ0v) is 15.6. The van der Waals surface area contributed by atoms with Crippen LogP contribution in [-0.4, -0.2) is 23.8 Å². The monoisotopic (exact) mass is 312 g/mol. The Hall–Kier alpha value is -0.610. The summed E-state index contributed by atoms with van der Waals surface area (Å²) in [5.74, 6) is -0.186. The van der Waals surface area contributed by atoms with Gasteiger partial charge in [0.05, 0.1) is 6.17 Å². The van der Waals surface area contributed by atoms with Gasteiger partial charge in [0.2, 0.25) is 0 Å². The van der Waals surface area contributed by atoms with Crippen LogP contribution in [0.25, 0.3) is 0 Å². The van der Waals surface area contributed by atoms with Crippen molar-refractivity contribution in [3.05, 3.63) is 0 Å². The Balaban J connectivity index is 2.82. The molecule has 1 rings (SSSR count). The van der Waals surface area contributed by atoms with Crippen molar-refractivity contribution in [2.45, 2.75) is 98.4 Å². The molecule has 0 spiro atoms. The molecule has 0 aromatic heterocycles. The van der Waals surface area contributed by atoms with Gasteiger partial charge in [-0.1, -0.05) is 27.2 Å². The van der Waals surface area contributed by atoms with E-state index < -0.39 is 5.60 Å². The fourth-order valence-electron chi connectivity index (χ4n) is 3.89. The second-order valence-corrected chi connectivity index (χ2v) is 9.25. The third kappa shape index (κ3) is 6.66. The van der Waals surface area contributed by atoms with Gasteiger partial charge in [-0.25, -0.2) is 0 Å². The van der Waals surface area contributed by atoms with Crippen molar-refractivity contribution in [2.75, 3.05) is 0 Å². The molecule has 130 valence electrons. The predicted octanol–water partition coefficient (Wildman–Crippen LogP) is 3.59. The molecule has 0 heterocycles. The van der Waals surface area contributed by atoms with E-state index in [1.165, 1.54) is 12.8 Å². The molecule has 0 radical (unpaired) electrons. The van der Waals surface area contributed by atoms with Gasteiger partial charge in [-0.15, -0.1) is 0 Å². The minimum atomic E-state index is -0.471. The van der Waals surface area contributed by atoms with Crippen LogP contribution in [0.2, 0.25) is 0 Å². The molecule has 1 aliphatic carbocycles. The maximum absolute atomic E-state index is 12.5. The minimum absolute atomic E-state index is 0.158. The van der Waals surface area contributed by atoms with Gasteiger partial charge in [0.25, 0.3) is 0 Å². The van der Waals surface area contributed by atoms with E-state index in [-0.39, 0.29) is 23.6 Å². The van der Waals surface area contributed by atoms with Gasteiger partial charge in [0.15, 0.2) is 0 Å². The number of nitrogens with one attached hydrogen (secondary N) is 1. The van der Waals surface area contributed by atoms with Gasteiger partial charge in [-0.05, 0) is 64.2 Å². The van der Waals surface area contributed by atoms with Crippen molar-refractivity contribution in [1.29, 1.82) is 0 Å². The van der Waals surface area contributed by atoms with E-state index >= 15 is 0 Å². The summed E-state index contributed by atoms with van der Waals surface area (Å²) >= 11 is 0. The number of carbonyl (C=O) groups excluding carboxylic acids is 1. The van der Waals surface area contributed by atoms with Crippen molar-refractivity contribution in [2.24, 2.45) is 16.6 Å². The Morgan fingerprint density at radius 2 is 1.86 bits per heavy atom. The Morgan fingerprint density at radius 1 is 1.27 bits per heavy atom. The number of carbonyl (C=O) groups is 1. The first-order valence-electron chi connectivity index (χ1n) is 8.57. The zero-order valence-electron chi connectivity index (χ0n) is 15.6. The van der Waals surface area contributed by atoms with Crippen LogP contribution >= 0.6 is 0 Å². The molecular formula is C18H36N2O2. The number of esters is 1. The average Bonchev–Trinajstić information content (AvgIpc) is 2.22. The average molecular weight is 312 g/mol. The van der Waals surface area contributed by atoms with Crippen LogP contribution in [0.15, 0.2) is 0 Å². The summed E-state index contributed by atoms with van der Waals surface area (Å²) < 4.78 is 5.58. The molecule has 3 atom stereocenters. The normalized spacial score (nSPS) is 28.0. The highest BCUT2D eigenvalue weighted by molar-refractivity contribution is 5.76. The molecule has 1 saturated carbocycles. The molecule has 1 aliphatic rings. The van der Waals surface area contributed by atoms with E-state index in [1.54, 1.807) is 0 Å². The molecule has 0 aromatic rings. The standard InChI is InChI=1S/C18H36N2O2/c1-13(19)20-14(15(21)22-16(2,3)4)11-18(7)10-8-9-17(5,6)12-18/h13-14,20H,8-12,19H2,1-7H3. The Bertz CT molecular complexity index is 385. The molecular weight excluding hydrogens is 276 g/mol. The lowest BCUT2D eigenvalue weighted by atomic mass is 9.62. The third-order valence-electron chi connectivity index (χ3n) is 4.39. The molecule has 0 bridgehead atoms. The van der Waals surface area contributed by atoms with Crippen LogP contribution < -0.4 is 11.1 Å². The fourth-order valence-corrected chi connectivity index (χ4v) is 3.89. The lowest BCUT2D eigenvalue weighted by Crippen LogP contribution is -2.51. The topological polar surface area (TPSA) is 64.3 Å². The Morgan fingerprint density at radius 3 is 2.32 bits per heavy atom. The number of nitrogens with two attached hydrogens (primary N) is 1. The molecule has 22 heavy (non-hydrogen) atoms. The molecule has 3 N–H and O–H groups in total. The smallest absolute Gasteiger partial charge is 0.323 e. The SMILES string of the molecule is CC(N)NC(CC1(C)CCCC(C)(C)C1)C(=O)OC(C)(C)C. The minimum Gasteiger partial charge on any atom is -0.459 e. The van der Waals surface area contributed by atoms with Crippen molar-refractivity contribution in [1.82, 2.24) is 5.32 Å². The van der Waals surface area contributed by atoms with E-state index in [0.29, 0.717) is 5.41 Å². The second kappa shape index (κ2) is 6.88. The maximum atomic E-state index is 12.5. The lowest BCUT2D eigenvalue weighted by Gasteiger charge is -2.44.